The second-order valence-electron chi connectivity index (χ2n) is 10.2. The quantitative estimate of drug-likeness (QED) is 0.257. The average molecular weight is 608 g/mol. The van der Waals surface area contributed by atoms with Crippen molar-refractivity contribution in [2.45, 2.75) is 44.6 Å². The Morgan fingerprint density at radius 3 is 2.56 bits per heavy atom. The standard InChI is InChI=1S/C29H36Cl2N4O6/c30-22-4-3-5-24(28(22)31)34-15-13-33(14-16-34)12-1-2-17-40-21-8-6-20-7-10-26(36)35(25(20)18-21)19-41-29(39)23(32)9-11-27(37)38/h3-6,8,18,23H,1-2,7,9-17,19,32H2,(H,37,38). The monoisotopic (exact) mass is 606 g/mol. The van der Waals surface area contributed by atoms with Gasteiger partial charge in [-0.15, -0.1) is 0 Å². The molecular weight excluding hydrogens is 571 g/mol. The number of carbonyl (C=O) groups is 3. The lowest BCUT2D eigenvalue weighted by Crippen LogP contribution is -2.46. The van der Waals surface area contributed by atoms with Gasteiger partial charge in [-0.2, -0.15) is 0 Å². The van der Waals surface area contributed by atoms with Crippen LogP contribution in [0.5, 0.6) is 5.75 Å². The van der Waals surface area contributed by atoms with E-state index in [9.17, 15) is 14.4 Å². The van der Waals surface area contributed by atoms with E-state index in [0.29, 0.717) is 40.9 Å². The van der Waals surface area contributed by atoms with Gasteiger partial charge in [0, 0.05) is 45.1 Å². The Hall–Kier alpha value is -3.05. The molecule has 1 amide bonds. The van der Waals surface area contributed by atoms with Crippen LogP contribution in [0.15, 0.2) is 36.4 Å². The number of anilines is 2. The first-order valence-electron chi connectivity index (χ1n) is 13.8. The second-order valence-corrected chi connectivity index (χ2v) is 11.0. The van der Waals surface area contributed by atoms with Gasteiger partial charge >= 0.3 is 11.9 Å². The number of rotatable bonds is 13. The van der Waals surface area contributed by atoms with E-state index in [0.717, 1.165) is 56.8 Å². The van der Waals surface area contributed by atoms with Gasteiger partial charge in [0.15, 0.2) is 6.73 Å². The van der Waals surface area contributed by atoms with Crippen molar-refractivity contribution in [2.75, 3.05) is 55.9 Å². The van der Waals surface area contributed by atoms with Gasteiger partial charge in [0.05, 0.1) is 28.0 Å². The summed E-state index contributed by atoms with van der Waals surface area (Å²) in [5.74, 6) is -1.31. The Kier molecular flexibility index (Phi) is 11.1. The summed E-state index contributed by atoms with van der Waals surface area (Å²) in [5, 5.41) is 9.95. The molecule has 41 heavy (non-hydrogen) atoms. The van der Waals surface area contributed by atoms with Crippen molar-refractivity contribution in [2.24, 2.45) is 5.73 Å². The Balaban J connectivity index is 1.20. The van der Waals surface area contributed by atoms with Gasteiger partial charge < -0.3 is 25.2 Å². The van der Waals surface area contributed by atoms with Gasteiger partial charge in [0.25, 0.3) is 0 Å². The average Bonchev–Trinajstić information content (AvgIpc) is 2.96. The van der Waals surface area contributed by atoms with Crippen LogP contribution >= 0.6 is 23.2 Å². The van der Waals surface area contributed by atoms with Crippen LogP contribution in [0.25, 0.3) is 0 Å². The van der Waals surface area contributed by atoms with Crippen molar-refractivity contribution < 1.29 is 29.0 Å². The fourth-order valence-electron chi connectivity index (χ4n) is 4.96. The Bertz CT molecular complexity index is 1240. The van der Waals surface area contributed by atoms with Crippen LogP contribution in [0.1, 0.15) is 37.7 Å². The zero-order valence-corrected chi connectivity index (χ0v) is 24.4. The molecule has 0 radical (unpaired) electrons. The van der Waals surface area contributed by atoms with Crippen molar-refractivity contribution in [1.29, 1.82) is 0 Å². The van der Waals surface area contributed by atoms with E-state index in [-0.39, 0.29) is 25.5 Å². The second kappa shape index (κ2) is 14.7. The van der Waals surface area contributed by atoms with Crippen LogP contribution in [0.2, 0.25) is 10.0 Å². The molecule has 12 heteroatoms. The fourth-order valence-corrected chi connectivity index (χ4v) is 5.37. The highest BCUT2D eigenvalue weighted by Crippen LogP contribution is 2.33. The number of aliphatic carboxylic acids is 1. The van der Waals surface area contributed by atoms with Gasteiger partial charge in [0.1, 0.15) is 11.8 Å². The number of aryl methyl sites for hydroxylation is 1. The number of carboxylic acid groups (broad SMARTS) is 1. The molecule has 0 bridgehead atoms. The number of benzene rings is 2. The number of piperazine rings is 1. The van der Waals surface area contributed by atoms with Crippen molar-refractivity contribution in [3.8, 4) is 5.75 Å². The predicted molar refractivity (Wildman–Crippen MR) is 158 cm³/mol. The zero-order valence-electron chi connectivity index (χ0n) is 22.9. The third-order valence-electron chi connectivity index (χ3n) is 7.35. The number of ether oxygens (including phenoxy) is 2. The van der Waals surface area contributed by atoms with Crippen LogP contribution < -0.4 is 20.3 Å². The number of halogens is 2. The fraction of sp³-hybridized carbons (Fsp3) is 0.483. The molecule has 222 valence electrons. The maximum atomic E-state index is 12.6. The highest BCUT2D eigenvalue weighted by Gasteiger charge is 2.27. The Labute approximate surface area is 249 Å². The van der Waals surface area contributed by atoms with E-state index >= 15 is 0 Å². The maximum Gasteiger partial charge on any atom is 0.324 e. The third-order valence-corrected chi connectivity index (χ3v) is 8.16. The Morgan fingerprint density at radius 1 is 1.02 bits per heavy atom. The minimum Gasteiger partial charge on any atom is -0.494 e. The molecule has 3 N–H and O–H groups in total. The summed E-state index contributed by atoms with van der Waals surface area (Å²) < 4.78 is 11.2. The summed E-state index contributed by atoms with van der Waals surface area (Å²) in [6.07, 6.45) is 2.49. The van der Waals surface area contributed by atoms with Crippen molar-refractivity contribution in [3.63, 3.8) is 0 Å². The summed E-state index contributed by atoms with van der Waals surface area (Å²) >= 11 is 12.6. The highest BCUT2D eigenvalue weighted by molar-refractivity contribution is 6.43. The number of hydrogen-bond acceptors (Lipinski definition) is 8. The van der Waals surface area contributed by atoms with Gasteiger partial charge in [-0.1, -0.05) is 35.3 Å². The van der Waals surface area contributed by atoms with E-state index in [1.165, 1.54) is 4.90 Å². The molecule has 1 unspecified atom stereocenters. The number of carbonyl (C=O) groups excluding carboxylic acids is 2. The molecular formula is C29H36Cl2N4O6. The molecule has 1 saturated heterocycles. The molecule has 2 aliphatic heterocycles. The van der Waals surface area contributed by atoms with Gasteiger partial charge in [-0.05, 0) is 56.0 Å². The van der Waals surface area contributed by atoms with Crippen LogP contribution in [0.4, 0.5) is 11.4 Å². The summed E-state index contributed by atoms with van der Waals surface area (Å²) in [5.41, 5.74) is 8.31. The highest BCUT2D eigenvalue weighted by atomic mass is 35.5. The molecule has 1 atom stereocenters. The smallest absolute Gasteiger partial charge is 0.324 e. The largest absolute Gasteiger partial charge is 0.494 e. The number of esters is 1. The first-order valence-corrected chi connectivity index (χ1v) is 14.6. The summed E-state index contributed by atoms with van der Waals surface area (Å²) in [6.45, 7) is 4.92. The van der Waals surface area contributed by atoms with Gasteiger partial charge in [-0.25, -0.2) is 0 Å². The topological polar surface area (TPSA) is 126 Å². The molecule has 2 heterocycles. The van der Waals surface area contributed by atoms with Crippen LogP contribution in [-0.2, 0) is 25.5 Å². The number of unbranched alkanes of at least 4 members (excludes halogenated alkanes) is 1. The number of fused-ring (bicyclic) bond motifs is 1. The van der Waals surface area contributed by atoms with Crippen LogP contribution in [0, 0.1) is 0 Å². The van der Waals surface area contributed by atoms with E-state index in [1.807, 2.05) is 24.3 Å². The third kappa shape index (κ3) is 8.48. The predicted octanol–water partition coefficient (Wildman–Crippen LogP) is 3.95. The van der Waals surface area contributed by atoms with Crippen molar-refractivity contribution in [3.05, 3.63) is 52.0 Å². The zero-order chi connectivity index (χ0) is 29.4. The number of carboxylic acids is 1. The molecule has 2 aromatic carbocycles. The summed E-state index contributed by atoms with van der Waals surface area (Å²) in [4.78, 5) is 41.6. The number of amides is 1. The first-order chi connectivity index (χ1) is 19.7. The number of nitrogens with two attached hydrogens (primary N) is 1. The number of hydrogen-bond donors (Lipinski definition) is 2. The van der Waals surface area contributed by atoms with Crippen molar-refractivity contribution in [1.82, 2.24) is 4.90 Å². The summed E-state index contributed by atoms with van der Waals surface area (Å²) in [7, 11) is 0. The molecule has 0 aromatic heterocycles. The van der Waals surface area contributed by atoms with Gasteiger partial charge in [0.2, 0.25) is 5.91 Å². The van der Waals surface area contributed by atoms with E-state index in [4.69, 9.17) is 43.5 Å². The minimum atomic E-state index is -1.06. The molecule has 10 nitrogen and oxygen atoms in total. The van der Waals surface area contributed by atoms with Crippen molar-refractivity contribution >= 4 is 52.4 Å². The van der Waals surface area contributed by atoms with Gasteiger partial charge in [-0.3, -0.25) is 24.2 Å². The molecule has 0 spiro atoms. The number of nitrogens with zero attached hydrogens (tertiary/aromatic N) is 3. The normalized spacial score (nSPS) is 16.3. The molecule has 2 aromatic rings. The SMILES string of the molecule is NC(CCC(=O)O)C(=O)OCN1C(=O)CCc2ccc(OCCCCN3CCN(c4cccc(Cl)c4Cl)CC3)cc21. The minimum absolute atomic E-state index is 0.0369. The molecule has 0 aliphatic carbocycles. The van der Waals surface area contributed by atoms with E-state index < -0.39 is 18.0 Å². The summed E-state index contributed by atoms with van der Waals surface area (Å²) in [6, 6.07) is 10.3. The first kappa shape index (κ1) is 30.9. The lowest BCUT2D eigenvalue weighted by Gasteiger charge is -2.36. The van der Waals surface area contributed by atoms with E-state index in [2.05, 4.69) is 9.80 Å². The van der Waals surface area contributed by atoms with Crippen LogP contribution in [0.3, 0.4) is 0 Å². The lowest BCUT2D eigenvalue weighted by molar-refractivity contribution is -0.146. The lowest BCUT2D eigenvalue weighted by atomic mass is 10.0. The van der Waals surface area contributed by atoms with E-state index in [1.54, 1.807) is 12.1 Å². The molecule has 0 saturated carbocycles. The van der Waals surface area contributed by atoms with Crippen LogP contribution in [-0.4, -0.2) is 80.0 Å². The molecule has 2 aliphatic rings. The Morgan fingerprint density at radius 2 is 1.80 bits per heavy atom. The molecule has 1 fully saturated rings. The molecule has 4 rings (SSSR count). The maximum absolute atomic E-state index is 12.6.